The molecule has 2 heterocycles. The van der Waals surface area contributed by atoms with Crippen molar-refractivity contribution >= 4 is 0 Å². The van der Waals surface area contributed by atoms with Gasteiger partial charge in [0, 0.05) is 30.4 Å². The zero-order valence-corrected chi connectivity index (χ0v) is 9.36. The summed E-state index contributed by atoms with van der Waals surface area (Å²) < 4.78 is 5.22. The van der Waals surface area contributed by atoms with E-state index in [-0.39, 0.29) is 0 Å². The SMILES string of the molecule is C[C@H](NCC1(C)COC1)c1cccnc1. The summed E-state index contributed by atoms with van der Waals surface area (Å²) >= 11 is 0. The second-order valence-electron chi connectivity index (χ2n) is 4.69. The second-order valence-corrected chi connectivity index (χ2v) is 4.69. The topological polar surface area (TPSA) is 34.1 Å². The highest BCUT2D eigenvalue weighted by Gasteiger charge is 2.33. The lowest BCUT2D eigenvalue weighted by molar-refractivity contribution is -0.0999. The number of ether oxygens (including phenoxy) is 1. The molecule has 1 atom stereocenters. The van der Waals surface area contributed by atoms with Gasteiger partial charge in [-0.2, -0.15) is 0 Å². The lowest BCUT2D eigenvalue weighted by Gasteiger charge is -2.39. The number of nitrogens with zero attached hydrogens (tertiary/aromatic N) is 1. The first-order valence-corrected chi connectivity index (χ1v) is 5.41. The van der Waals surface area contributed by atoms with Crippen LogP contribution in [0.2, 0.25) is 0 Å². The van der Waals surface area contributed by atoms with Crippen LogP contribution in [0.4, 0.5) is 0 Å². The van der Waals surface area contributed by atoms with Crippen molar-refractivity contribution in [1.29, 1.82) is 0 Å². The van der Waals surface area contributed by atoms with Crippen LogP contribution in [0.15, 0.2) is 24.5 Å². The lowest BCUT2D eigenvalue weighted by atomic mass is 9.88. The average Bonchev–Trinajstić information content (AvgIpc) is 2.24. The normalized spacial score (nSPS) is 20.7. The van der Waals surface area contributed by atoms with Crippen LogP contribution in [0.3, 0.4) is 0 Å². The molecule has 3 heteroatoms. The molecule has 1 aromatic heterocycles. The number of nitrogens with one attached hydrogen (secondary N) is 1. The molecule has 0 bridgehead atoms. The molecule has 0 amide bonds. The highest BCUT2D eigenvalue weighted by Crippen LogP contribution is 2.26. The Labute approximate surface area is 90.9 Å². The van der Waals surface area contributed by atoms with Gasteiger partial charge in [-0.1, -0.05) is 13.0 Å². The van der Waals surface area contributed by atoms with Gasteiger partial charge in [0.1, 0.15) is 0 Å². The summed E-state index contributed by atoms with van der Waals surface area (Å²) in [4.78, 5) is 4.12. The van der Waals surface area contributed by atoms with Crippen molar-refractivity contribution in [3.8, 4) is 0 Å². The Balaban J connectivity index is 1.85. The van der Waals surface area contributed by atoms with Gasteiger partial charge in [-0.05, 0) is 18.6 Å². The number of rotatable bonds is 4. The predicted octanol–water partition coefficient (Wildman–Crippen LogP) is 1.77. The summed E-state index contributed by atoms with van der Waals surface area (Å²) in [6, 6.07) is 4.43. The smallest absolute Gasteiger partial charge is 0.0554 e. The quantitative estimate of drug-likeness (QED) is 0.815. The lowest BCUT2D eigenvalue weighted by Crippen LogP contribution is -2.47. The first-order chi connectivity index (χ1) is 7.20. The summed E-state index contributed by atoms with van der Waals surface area (Å²) in [5.74, 6) is 0. The van der Waals surface area contributed by atoms with Gasteiger partial charge >= 0.3 is 0 Å². The van der Waals surface area contributed by atoms with E-state index in [2.05, 4.69) is 30.2 Å². The fraction of sp³-hybridized carbons (Fsp3) is 0.583. The standard InChI is InChI=1S/C12H18N2O/c1-10(11-4-3-5-13-6-11)14-7-12(2)8-15-9-12/h3-6,10,14H,7-9H2,1-2H3/t10-/m0/s1. The minimum absolute atomic E-state index is 0.330. The molecule has 0 aliphatic carbocycles. The van der Waals surface area contributed by atoms with Gasteiger partial charge in [-0.15, -0.1) is 0 Å². The van der Waals surface area contributed by atoms with Crippen molar-refractivity contribution in [2.45, 2.75) is 19.9 Å². The Morgan fingerprint density at radius 3 is 2.93 bits per heavy atom. The van der Waals surface area contributed by atoms with Crippen molar-refractivity contribution in [3.05, 3.63) is 30.1 Å². The highest BCUT2D eigenvalue weighted by atomic mass is 16.5. The van der Waals surface area contributed by atoms with Crippen LogP contribution in [-0.4, -0.2) is 24.7 Å². The monoisotopic (exact) mass is 206 g/mol. The Hall–Kier alpha value is -0.930. The van der Waals surface area contributed by atoms with Gasteiger partial charge in [-0.3, -0.25) is 4.98 Å². The summed E-state index contributed by atoms with van der Waals surface area (Å²) in [5.41, 5.74) is 1.57. The van der Waals surface area contributed by atoms with Crippen molar-refractivity contribution in [2.24, 2.45) is 5.41 Å². The molecule has 1 fully saturated rings. The summed E-state index contributed by atoms with van der Waals surface area (Å²) in [6.07, 6.45) is 3.72. The third kappa shape index (κ3) is 2.55. The van der Waals surface area contributed by atoms with E-state index in [0.29, 0.717) is 11.5 Å². The van der Waals surface area contributed by atoms with E-state index in [1.54, 1.807) is 6.20 Å². The highest BCUT2D eigenvalue weighted by molar-refractivity contribution is 5.12. The van der Waals surface area contributed by atoms with E-state index in [0.717, 1.165) is 19.8 Å². The van der Waals surface area contributed by atoms with Crippen LogP contribution >= 0.6 is 0 Å². The fourth-order valence-electron chi connectivity index (χ4n) is 1.70. The molecule has 3 nitrogen and oxygen atoms in total. The zero-order chi connectivity index (χ0) is 10.7. The average molecular weight is 206 g/mol. The molecule has 1 aromatic rings. The van der Waals surface area contributed by atoms with Crippen LogP contribution in [0, 0.1) is 5.41 Å². The maximum Gasteiger partial charge on any atom is 0.0554 e. The van der Waals surface area contributed by atoms with Crippen LogP contribution in [0.5, 0.6) is 0 Å². The van der Waals surface area contributed by atoms with Crippen molar-refractivity contribution in [3.63, 3.8) is 0 Å². The molecule has 1 saturated heterocycles. The van der Waals surface area contributed by atoms with E-state index < -0.39 is 0 Å². The van der Waals surface area contributed by atoms with Gasteiger partial charge < -0.3 is 10.1 Å². The molecule has 0 unspecified atom stereocenters. The maximum absolute atomic E-state index is 5.22. The molecule has 0 aromatic carbocycles. The van der Waals surface area contributed by atoms with Gasteiger partial charge in [0.2, 0.25) is 0 Å². The summed E-state index contributed by atoms with van der Waals surface area (Å²) in [6.45, 7) is 7.17. The third-order valence-electron chi connectivity index (χ3n) is 2.92. The molecule has 1 aliphatic heterocycles. The van der Waals surface area contributed by atoms with Crippen molar-refractivity contribution in [1.82, 2.24) is 10.3 Å². The zero-order valence-electron chi connectivity index (χ0n) is 9.36. The van der Waals surface area contributed by atoms with E-state index in [4.69, 9.17) is 4.74 Å². The van der Waals surface area contributed by atoms with Crippen LogP contribution in [0.25, 0.3) is 0 Å². The fourth-order valence-corrected chi connectivity index (χ4v) is 1.70. The largest absolute Gasteiger partial charge is 0.380 e. The van der Waals surface area contributed by atoms with Crippen LogP contribution in [0.1, 0.15) is 25.5 Å². The predicted molar refractivity (Wildman–Crippen MR) is 59.6 cm³/mol. The van der Waals surface area contributed by atoms with E-state index >= 15 is 0 Å². The Morgan fingerprint density at radius 1 is 1.60 bits per heavy atom. The molecule has 1 aliphatic rings. The summed E-state index contributed by atoms with van der Waals surface area (Å²) in [7, 11) is 0. The number of hydrogen-bond acceptors (Lipinski definition) is 3. The number of aromatic nitrogens is 1. The van der Waals surface area contributed by atoms with Gasteiger partial charge in [0.05, 0.1) is 13.2 Å². The minimum Gasteiger partial charge on any atom is -0.380 e. The van der Waals surface area contributed by atoms with Crippen molar-refractivity contribution < 1.29 is 4.74 Å². The summed E-state index contributed by atoms with van der Waals surface area (Å²) in [5, 5.41) is 3.52. The number of pyridine rings is 1. The van der Waals surface area contributed by atoms with E-state index in [1.165, 1.54) is 5.56 Å². The molecule has 15 heavy (non-hydrogen) atoms. The Bertz CT molecular complexity index is 309. The first-order valence-electron chi connectivity index (χ1n) is 5.41. The van der Waals surface area contributed by atoms with Gasteiger partial charge in [0.15, 0.2) is 0 Å². The molecule has 0 spiro atoms. The molecule has 1 N–H and O–H groups in total. The molecule has 82 valence electrons. The van der Waals surface area contributed by atoms with E-state index in [1.807, 2.05) is 12.3 Å². The van der Waals surface area contributed by atoms with Crippen molar-refractivity contribution in [2.75, 3.05) is 19.8 Å². The molecule has 0 saturated carbocycles. The molecular formula is C12H18N2O. The van der Waals surface area contributed by atoms with Gasteiger partial charge in [0.25, 0.3) is 0 Å². The number of hydrogen-bond donors (Lipinski definition) is 1. The van der Waals surface area contributed by atoms with Crippen LogP contribution < -0.4 is 5.32 Å². The Kier molecular flexibility index (Phi) is 3.03. The van der Waals surface area contributed by atoms with Gasteiger partial charge in [-0.25, -0.2) is 0 Å². The first kappa shape index (κ1) is 10.6. The Morgan fingerprint density at radius 2 is 2.40 bits per heavy atom. The third-order valence-corrected chi connectivity index (χ3v) is 2.92. The molecule has 2 rings (SSSR count). The maximum atomic E-state index is 5.22. The van der Waals surface area contributed by atoms with Crippen LogP contribution in [-0.2, 0) is 4.74 Å². The molecule has 0 radical (unpaired) electrons. The molecular weight excluding hydrogens is 188 g/mol. The minimum atomic E-state index is 0.330. The van der Waals surface area contributed by atoms with E-state index in [9.17, 15) is 0 Å². The second kappa shape index (κ2) is 4.29.